The van der Waals surface area contributed by atoms with Gasteiger partial charge in [-0.25, -0.2) is 0 Å². The summed E-state index contributed by atoms with van der Waals surface area (Å²) in [6, 6.07) is 21.0. The van der Waals surface area contributed by atoms with Crippen LogP contribution < -0.4 is 10.4 Å². The molecule has 0 spiro atoms. The summed E-state index contributed by atoms with van der Waals surface area (Å²) in [5, 5.41) is 2.27. The van der Waals surface area contributed by atoms with E-state index in [9.17, 15) is 0 Å². The second-order valence-corrected chi connectivity index (χ2v) is 6.09. The molecule has 0 heterocycles. The van der Waals surface area contributed by atoms with Gasteiger partial charge in [0.2, 0.25) is 0 Å². The van der Waals surface area contributed by atoms with Gasteiger partial charge in [-0.3, -0.25) is 10.4 Å². The lowest BCUT2D eigenvalue weighted by atomic mass is 10.1. The molecule has 2 nitrogen and oxygen atoms in total. The van der Waals surface area contributed by atoms with Crippen LogP contribution in [0.1, 0.15) is 51.9 Å². The average Bonchev–Trinajstić information content (AvgIpc) is 2.61. The summed E-state index contributed by atoms with van der Waals surface area (Å²) in [6.07, 6.45) is 9.36. The molecule has 0 bridgehead atoms. The van der Waals surface area contributed by atoms with Crippen LogP contribution in [0, 0.1) is 0 Å². The molecule has 0 unspecified atom stereocenters. The Morgan fingerprint density at radius 1 is 0.696 bits per heavy atom. The average molecular weight is 310 g/mol. The highest BCUT2D eigenvalue weighted by atomic mass is 15.5. The quantitative estimate of drug-likeness (QED) is 0.388. The highest BCUT2D eigenvalue weighted by Crippen LogP contribution is 2.17. The summed E-state index contributed by atoms with van der Waals surface area (Å²) in [5.74, 6) is 0. The molecule has 2 aromatic rings. The van der Waals surface area contributed by atoms with Crippen molar-refractivity contribution in [2.75, 3.05) is 17.0 Å². The Balaban J connectivity index is 1.82. The maximum atomic E-state index is 3.54. The Hall–Kier alpha value is -1.96. The summed E-state index contributed by atoms with van der Waals surface area (Å²) in [6.45, 7) is 3.31. The van der Waals surface area contributed by atoms with E-state index in [1.54, 1.807) is 0 Å². The Morgan fingerprint density at radius 2 is 1.26 bits per heavy atom. The van der Waals surface area contributed by atoms with Gasteiger partial charge in [0.15, 0.2) is 0 Å². The number of unbranched alkanes of at least 4 members (excludes halogenated alkanes) is 6. The molecular weight excluding hydrogens is 280 g/mol. The number of hydrazine groups is 1. The molecule has 2 heteroatoms. The normalized spacial score (nSPS) is 10.5. The molecule has 2 aromatic carbocycles. The highest BCUT2D eigenvalue weighted by Gasteiger charge is 2.05. The van der Waals surface area contributed by atoms with Crippen LogP contribution in [0.4, 0.5) is 11.4 Å². The van der Waals surface area contributed by atoms with E-state index in [0.29, 0.717) is 0 Å². The van der Waals surface area contributed by atoms with E-state index in [2.05, 4.69) is 72.0 Å². The molecule has 0 aliphatic rings. The van der Waals surface area contributed by atoms with E-state index in [0.717, 1.165) is 12.2 Å². The van der Waals surface area contributed by atoms with E-state index in [1.807, 2.05) is 6.07 Å². The fourth-order valence-corrected chi connectivity index (χ4v) is 2.75. The minimum atomic E-state index is 1.03. The van der Waals surface area contributed by atoms with Crippen LogP contribution >= 0.6 is 0 Å². The third-order valence-corrected chi connectivity index (χ3v) is 4.09. The van der Waals surface area contributed by atoms with Crippen molar-refractivity contribution in [1.82, 2.24) is 0 Å². The number of para-hydroxylation sites is 2. The summed E-state index contributed by atoms with van der Waals surface area (Å²) in [7, 11) is 0. The van der Waals surface area contributed by atoms with Gasteiger partial charge in [0.25, 0.3) is 0 Å². The first-order valence-electron chi connectivity index (χ1n) is 9.04. The molecule has 1 N–H and O–H groups in total. The monoisotopic (exact) mass is 310 g/mol. The van der Waals surface area contributed by atoms with Crippen molar-refractivity contribution in [1.29, 1.82) is 0 Å². The van der Waals surface area contributed by atoms with Crippen LogP contribution in [0.5, 0.6) is 0 Å². The fraction of sp³-hybridized carbons (Fsp3) is 0.429. The minimum Gasteiger partial charge on any atom is -0.298 e. The summed E-state index contributed by atoms with van der Waals surface area (Å²) in [5.41, 5.74) is 5.90. The van der Waals surface area contributed by atoms with Crippen molar-refractivity contribution in [2.24, 2.45) is 0 Å². The smallest absolute Gasteiger partial charge is 0.0571 e. The van der Waals surface area contributed by atoms with Gasteiger partial charge >= 0.3 is 0 Å². The van der Waals surface area contributed by atoms with E-state index >= 15 is 0 Å². The van der Waals surface area contributed by atoms with Gasteiger partial charge in [-0.05, 0) is 30.7 Å². The van der Waals surface area contributed by atoms with E-state index in [4.69, 9.17) is 0 Å². The van der Waals surface area contributed by atoms with Gasteiger partial charge in [0.05, 0.1) is 11.4 Å². The standard InChI is InChI=1S/C21H30N2/c1-2-3-4-5-6-7-14-19-23(21-17-12-9-13-18-21)22-20-15-10-8-11-16-20/h8-13,15-18,22H,2-7,14,19H2,1H3. The van der Waals surface area contributed by atoms with Gasteiger partial charge in [-0.1, -0.05) is 81.8 Å². The van der Waals surface area contributed by atoms with Crippen molar-refractivity contribution in [3.63, 3.8) is 0 Å². The molecule has 23 heavy (non-hydrogen) atoms. The zero-order chi connectivity index (χ0) is 16.2. The molecule has 2 rings (SSSR count). The summed E-state index contributed by atoms with van der Waals surface area (Å²) < 4.78 is 0. The van der Waals surface area contributed by atoms with Crippen LogP contribution in [0.25, 0.3) is 0 Å². The molecular formula is C21H30N2. The number of hydrogen-bond acceptors (Lipinski definition) is 2. The molecule has 0 aliphatic heterocycles. The molecule has 0 fully saturated rings. The summed E-state index contributed by atoms with van der Waals surface area (Å²) in [4.78, 5) is 0. The zero-order valence-electron chi connectivity index (χ0n) is 14.4. The molecule has 0 radical (unpaired) electrons. The van der Waals surface area contributed by atoms with Crippen LogP contribution in [0.15, 0.2) is 60.7 Å². The van der Waals surface area contributed by atoms with Gasteiger partial charge in [0.1, 0.15) is 0 Å². The Morgan fingerprint density at radius 3 is 1.91 bits per heavy atom. The predicted molar refractivity (Wildman–Crippen MR) is 102 cm³/mol. The number of benzene rings is 2. The molecule has 0 aliphatic carbocycles. The Kier molecular flexibility index (Phi) is 8.10. The number of hydrogen-bond donors (Lipinski definition) is 1. The molecule has 124 valence electrons. The second-order valence-electron chi connectivity index (χ2n) is 6.09. The van der Waals surface area contributed by atoms with Crippen LogP contribution in [-0.4, -0.2) is 6.54 Å². The first-order valence-corrected chi connectivity index (χ1v) is 9.04. The molecule has 0 amide bonds. The van der Waals surface area contributed by atoms with Gasteiger partial charge < -0.3 is 0 Å². The largest absolute Gasteiger partial charge is 0.298 e. The molecule has 0 aromatic heterocycles. The maximum absolute atomic E-state index is 3.54. The molecule has 0 atom stereocenters. The maximum Gasteiger partial charge on any atom is 0.0571 e. The van der Waals surface area contributed by atoms with Gasteiger partial charge in [-0.15, -0.1) is 0 Å². The first-order chi connectivity index (χ1) is 11.4. The number of anilines is 2. The van der Waals surface area contributed by atoms with Crippen molar-refractivity contribution < 1.29 is 0 Å². The minimum absolute atomic E-state index is 1.03. The van der Waals surface area contributed by atoms with E-state index in [-0.39, 0.29) is 0 Å². The fourth-order valence-electron chi connectivity index (χ4n) is 2.75. The lowest BCUT2D eigenvalue weighted by molar-refractivity contribution is 0.588. The molecule has 0 saturated heterocycles. The van der Waals surface area contributed by atoms with E-state index < -0.39 is 0 Å². The zero-order valence-corrected chi connectivity index (χ0v) is 14.4. The topological polar surface area (TPSA) is 15.3 Å². The Bertz CT molecular complexity index is 510. The van der Waals surface area contributed by atoms with Crippen LogP contribution in [0.3, 0.4) is 0 Å². The third-order valence-electron chi connectivity index (χ3n) is 4.09. The van der Waals surface area contributed by atoms with Crippen molar-refractivity contribution in [3.8, 4) is 0 Å². The van der Waals surface area contributed by atoms with Gasteiger partial charge in [0, 0.05) is 6.54 Å². The van der Waals surface area contributed by atoms with Gasteiger partial charge in [-0.2, -0.15) is 0 Å². The van der Waals surface area contributed by atoms with Crippen LogP contribution in [0.2, 0.25) is 0 Å². The molecule has 0 saturated carbocycles. The summed E-state index contributed by atoms with van der Waals surface area (Å²) >= 11 is 0. The third kappa shape index (κ3) is 6.77. The lowest BCUT2D eigenvalue weighted by Crippen LogP contribution is -2.30. The first kappa shape index (κ1) is 17.4. The lowest BCUT2D eigenvalue weighted by Gasteiger charge is -2.26. The number of nitrogens with one attached hydrogen (secondary N) is 1. The van der Waals surface area contributed by atoms with Crippen LogP contribution in [-0.2, 0) is 0 Å². The Labute approximate surface area is 141 Å². The highest BCUT2D eigenvalue weighted by molar-refractivity contribution is 5.54. The van der Waals surface area contributed by atoms with Crippen molar-refractivity contribution >= 4 is 11.4 Å². The predicted octanol–water partition coefficient (Wildman–Crippen LogP) is 6.27. The number of rotatable bonds is 11. The van der Waals surface area contributed by atoms with E-state index in [1.165, 1.54) is 50.6 Å². The number of nitrogens with zero attached hydrogens (tertiary/aromatic N) is 1. The van der Waals surface area contributed by atoms with Crippen molar-refractivity contribution in [3.05, 3.63) is 60.7 Å². The van der Waals surface area contributed by atoms with Crippen molar-refractivity contribution in [2.45, 2.75) is 51.9 Å². The SMILES string of the molecule is CCCCCCCCCN(Nc1ccccc1)c1ccccc1. The second kappa shape index (κ2) is 10.7.